The minimum Gasteiger partial charge on any atom is -0.441 e. The third-order valence-electron chi connectivity index (χ3n) is 9.27. The van der Waals surface area contributed by atoms with Crippen LogP contribution in [-0.4, -0.2) is 23.0 Å². The highest BCUT2D eigenvalue weighted by atomic mass is 19.2. The van der Waals surface area contributed by atoms with Gasteiger partial charge in [0.05, 0.1) is 12.3 Å². The molecule has 0 N–H and O–H groups in total. The molecule has 0 saturated carbocycles. The number of ketones is 1. The first kappa shape index (κ1) is 48.3. The number of nitrogens with zero attached hydrogens (tertiary/aromatic N) is 2. The number of carbonyl (C=O) groups excluding carboxylic acids is 1. The fourth-order valence-electron chi connectivity index (χ4n) is 6.59. The van der Waals surface area contributed by atoms with E-state index < -0.39 is 144 Å². The van der Waals surface area contributed by atoms with Crippen molar-refractivity contribution in [2.45, 2.75) is 26.5 Å². The van der Waals surface area contributed by atoms with E-state index in [4.69, 9.17) is 4.74 Å². The van der Waals surface area contributed by atoms with Crippen molar-refractivity contribution in [3.63, 3.8) is 0 Å². The van der Waals surface area contributed by atoms with Gasteiger partial charge in [-0.3, -0.25) is 4.79 Å². The molecule has 64 heavy (non-hydrogen) atoms. The number of rotatable bonds is 9. The Labute approximate surface area is 343 Å². The van der Waals surface area contributed by atoms with E-state index in [1.54, 1.807) is 23.2 Å². The lowest BCUT2D eigenvalue weighted by Gasteiger charge is -2.44. The first-order chi connectivity index (χ1) is 29.9. The molecule has 1 heterocycles. The molecule has 0 unspecified atom stereocenters. The standard InChI is InChI=1S/C24BF20.C15H17N2O2/c26-5-1(6(27)14(35)21(42)13(5)34)25(2-7(28)15(36)22(43)16(37)8(2)29,3-9(30)17(38)23(44)18(39)10(3)31)4-11(32)19(40)24(45)20(41)12(4)33;1-12(2)19-15-10-16-8-9-17(15)11-14(18)13-6-4-3-5-7-13/h;3-10,12H,11H2,1-2H3/q-1;+1. The summed E-state index contributed by atoms with van der Waals surface area (Å²) in [6, 6.07) is 9.23. The van der Waals surface area contributed by atoms with Crippen LogP contribution in [0.3, 0.4) is 0 Å². The van der Waals surface area contributed by atoms with Crippen molar-refractivity contribution in [2.75, 3.05) is 0 Å². The van der Waals surface area contributed by atoms with Gasteiger partial charge in [-0.05, 0) is 13.8 Å². The second-order valence-corrected chi connectivity index (χ2v) is 13.3. The van der Waals surface area contributed by atoms with Gasteiger partial charge in [0.2, 0.25) is 12.3 Å². The van der Waals surface area contributed by atoms with Gasteiger partial charge >= 0.3 is 5.88 Å². The predicted octanol–water partition coefficient (Wildman–Crippen LogP) is 7.89. The van der Waals surface area contributed by atoms with Crippen LogP contribution in [0.5, 0.6) is 5.88 Å². The number of carbonyl (C=O) groups is 1. The Balaban J connectivity index is 0.000000337. The zero-order chi connectivity index (χ0) is 48.0. The van der Waals surface area contributed by atoms with E-state index in [-0.39, 0.29) is 18.4 Å². The molecular weight excluding hydrogens is 919 g/mol. The van der Waals surface area contributed by atoms with Crippen molar-refractivity contribution in [3.8, 4) is 5.88 Å². The van der Waals surface area contributed by atoms with Crippen molar-refractivity contribution in [3.05, 3.63) is 171 Å². The third-order valence-corrected chi connectivity index (χ3v) is 9.27. The molecule has 6 rings (SSSR count). The number of ether oxygens (including phenoxy) is 1. The Morgan fingerprint density at radius 2 is 0.766 bits per heavy atom. The van der Waals surface area contributed by atoms with Crippen molar-refractivity contribution in [1.82, 2.24) is 4.98 Å². The Morgan fingerprint density at radius 3 is 1.05 bits per heavy atom. The monoisotopic (exact) mass is 936 g/mol. The number of hydrogen-bond donors (Lipinski definition) is 0. The Hall–Kier alpha value is -6.69. The highest BCUT2D eigenvalue weighted by Crippen LogP contribution is 2.30. The van der Waals surface area contributed by atoms with Gasteiger partial charge < -0.3 is 4.74 Å². The average molecular weight is 936 g/mol. The molecule has 0 radical (unpaired) electrons. The van der Waals surface area contributed by atoms with Crippen LogP contribution in [0.2, 0.25) is 0 Å². The highest BCUT2D eigenvalue weighted by Gasteiger charge is 2.52. The van der Waals surface area contributed by atoms with E-state index in [0.29, 0.717) is 11.4 Å². The number of Topliss-reactive ketones (excluding diaryl/α,β-unsaturated/α-hetero) is 1. The number of benzene rings is 5. The quantitative estimate of drug-likeness (QED) is 0.0371. The Morgan fingerprint density at radius 1 is 0.484 bits per heavy atom. The van der Waals surface area contributed by atoms with Crippen LogP contribution < -0.4 is 31.2 Å². The Bertz CT molecular complexity index is 2460. The van der Waals surface area contributed by atoms with E-state index in [2.05, 4.69) is 4.98 Å². The van der Waals surface area contributed by atoms with Gasteiger partial charge in [0.15, 0.2) is 76.0 Å². The molecule has 0 aliphatic heterocycles. The molecule has 25 heteroatoms. The molecule has 6 aromatic rings. The van der Waals surface area contributed by atoms with Crippen LogP contribution in [0.15, 0.2) is 48.9 Å². The summed E-state index contributed by atoms with van der Waals surface area (Å²) >= 11 is 0. The van der Waals surface area contributed by atoms with Crippen molar-refractivity contribution >= 4 is 33.8 Å². The van der Waals surface area contributed by atoms with Gasteiger partial charge in [-0.25, -0.2) is 92.8 Å². The average Bonchev–Trinajstić information content (AvgIpc) is 3.27. The summed E-state index contributed by atoms with van der Waals surface area (Å²) in [5.41, 5.74) is -13.6. The lowest BCUT2D eigenvalue weighted by Crippen LogP contribution is -2.81. The SMILES string of the molecule is CC(C)Oc1cncc[n+]1CC(=O)c1ccccc1.Fc1c(F)c(F)c([B-](c2c(F)c(F)c(F)c(F)c2F)(c2c(F)c(F)c(F)c(F)c2F)c2c(F)c(F)c(F)c(F)c2F)c(F)c1F. The van der Waals surface area contributed by atoms with Gasteiger partial charge in [0.1, 0.15) is 58.9 Å². The summed E-state index contributed by atoms with van der Waals surface area (Å²) in [5.74, 6) is -70.8. The molecule has 5 aromatic carbocycles. The minimum absolute atomic E-state index is 0.0438. The van der Waals surface area contributed by atoms with Crippen LogP contribution in [0, 0.1) is 116 Å². The first-order valence-corrected chi connectivity index (χ1v) is 17.2. The maximum atomic E-state index is 15.4. The maximum Gasteiger partial charge on any atom is 0.387 e. The largest absolute Gasteiger partial charge is 0.441 e. The normalized spacial score (nSPS) is 11.5. The molecule has 338 valence electrons. The van der Waals surface area contributed by atoms with Crippen molar-refractivity contribution in [2.24, 2.45) is 0 Å². The summed E-state index contributed by atoms with van der Waals surface area (Å²) in [6.07, 6.45) is -2.16. The molecule has 0 saturated heterocycles. The van der Waals surface area contributed by atoms with E-state index in [0.717, 1.165) is 0 Å². The van der Waals surface area contributed by atoms with Crippen molar-refractivity contribution in [1.29, 1.82) is 0 Å². The highest BCUT2D eigenvalue weighted by molar-refractivity contribution is 7.20. The van der Waals surface area contributed by atoms with Crippen LogP contribution in [-0.2, 0) is 6.54 Å². The zero-order valence-electron chi connectivity index (χ0n) is 31.3. The van der Waals surface area contributed by atoms with E-state index in [9.17, 15) is 57.5 Å². The minimum atomic E-state index is -7.22. The summed E-state index contributed by atoms with van der Waals surface area (Å²) in [5, 5.41) is 0. The van der Waals surface area contributed by atoms with E-state index in [1.807, 2.05) is 44.2 Å². The molecule has 0 spiro atoms. The zero-order valence-corrected chi connectivity index (χ0v) is 31.3. The molecule has 0 amide bonds. The molecule has 1 aromatic heterocycles. The molecular formula is C39H17BF20N2O2. The fraction of sp³-hybridized carbons (Fsp3) is 0.103. The van der Waals surface area contributed by atoms with Crippen LogP contribution in [0.25, 0.3) is 0 Å². The van der Waals surface area contributed by atoms with Crippen LogP contribution >= 0.6 is 0 Å². The topological polar surface area (TPSA) is 43.1 Å². The summed E-state index contributed by atoms with van der Waals surface area (Å²) in [4.78, 5) is 16.2. The fourth-order valence-corrected chi connectivity index (χ4v) is 6.59. The first-order valence-electron chi connectivity index (χ1n) is 17.2. The molecule has 0 aliphatic carbocycles. The summed E-state index contributed by atoms with van der Waals surface area (Å²) in [7, 11) is 0. The van der Waals surface area contributed by atoms with Gasteiger partial charge in [-0.2, -0.15) is 4.57 Å². The van der Waals surface area contributed by atoms with Gasteiger partial charge in [-0.1, -0.05) is 30.3 Å². The number of aromatic nitrogens is 2. The molecule has 0 aliphatic rings. The lowest BCUT2D eigenvalue weighted by molar-refractivity contribution is -0.689. The van der Waals surface area contributed by atoms with Crippen LogP contribution in [0.1, 0.15) is 24.2 Å². The smallest absolute Gasteiger partial charge is 0.387 e. The maximum absolute atomic E-state index is 15.4. The second-order valence-electron chi connectivity index (χ2n) is 13.3. The molecule has 0 atom stereocenters. The van der Waals surface area contributed by atoms with Gasteiger partial charge in [0.25, 0.3) is 0 Å². The third kappa shape index (κ3) is 7.84. The van der Waals surface area contributed by atoms with Gasteiger partial charge in [-0.15, -0.1) is 21.9 Å². The summed E-state index contributed by atoms with van der Waals surface area (Å²) in [6.45, 7) is 4.13. The van der Waals surface area contributed by atoms with E-state index in [1.165, 1.54) is 0 Å². The number of halogens is 20. The molecule has 4 nitrogen and oxygen atoms in total. The summed E-state index contributed by atoms with van der Waals surface area (Å²) < 4.78 is 301. The molecule has 0 bridgehead atoms. The Kier molecular flexibility index (Phi) is 13.7. The predicted molar refractivity (Wildman–Crippen MR) is 180 cm³/mol. The van der Waals surface area contributed by atoms with Gasteiger partial charge in [0, 0.05) is 5.56 Å². The molecule has 0 fully saturated rings. The van der Waals surface area contributed by atoms with Crippen molar-refractivity contribution < 1.29 is 102 Å². The lowest BCUT2D eigenvalue weighted by atomic mass is 9.12. The number of hydrogen-bond acceptors (Lipinski definition) is 3. The second kappa shape index (κ2) is 18.2. The van der Waals surface area contributed by atoms with Crippen LogP contribution in [0.4, 0.5) is 87.8 Å². The van der Waals surface area contributed by atoms with E-state index >= 15 is 35.1 Å².